The van der Waals surface area contributed by atoms with Crippen molar-refractivity contribution in [3.05, 3.63) is 95.4 Å². The van der Waals surface area contributed by atoms with E-state index in [2.05, 4.69) is 16.5 Å². The highest BCUT2D eigenvalue weighted by atomic mass is 35.5. The average molecular weight is 397 g/mol. The van der Waals surface area contributed by atoms with Crippen molar-refractivity contribution in [3.8, 4) is 11.6 Å². The molecule has 0 bridgehead atoms. The summed E-state index contributed by atoms with van der Waals surface area (Å²) in [5, 5.41) is 10.7. The number of hydrogen-bond acceptors (Lipinski definition) is 6. The lowest BCUT2D eigenvalue weighted by Gasteiger charge is -2.13. The van der Waals surface area contributed by atoms with E-state index in [9.17, 15) is 9.90 Å². The van der Waals surface area contributed by atoms with Crippen LogP contribution in [0.15, 0.2) is 79.3 Å². The molecular weight excluding hydrogens is 380 g/mol. The molecule has 28 heavy (non-hydrogen) atoms. The first-order valence-electron chi connectivity index (χ1n) is 8.35. The fraction of sp³-hybridized carbons (Fsp3) is 0.0952. The molecule has 3 aromatic rings. The van der Waals surface area contributed by atoms with Crippen LogP contribution in [0.2, 0.25) is 5.02 Å². The van der Waals surface area contributed by atoms with Crippen LogP contribution < -0.4 is 4.74 Å². The molecule has 142 valence electrons. The zero-order valence-electron chi connectivity index (χ0n) is 14.8. The largest absolute Gasteiger partial charge is 0.457 e. The summed E-state index contributed by atoms with van der Waals surface area (Å²) in [5.41, 5.74) is 1.18. The summed E-state index contributed by atoms with van der Waals surface area (Å²) in [6.45, 7) is 3.66. The Hall–Kier alpha value is -3.22. The van der Waals surface area contributed by atoms with Gasteiger partial charge in [-0.25, -0.2) is 9.78 Å². The zero-order valence-corrected chi connectivity index (χ0v) is 15.5. The summed E-state index contributed by atoms with van der Waals surface area (Å²) >= 11 is 5.79. The van der Waals surface area contributed by atoms with Crippen LogP contribution in [-0.2, 0) is 16.1 Å². The van der Waals surface area contributed by atoms with Gasteiger partial charge in [0.05, 0.1) is 10.6 Å². The molecule has 3 rings (SSSR count). The second-order valence-corrected chi connectivity index (χ2v) is 6.29. The number of carbonyl (C=O) groups is 1. The first-order chi connectivity index (χ1) is 13.5. The maximum atomic E-state index is 12.1. The highest BCUT2D eigenvalue weighted by Crippen LogP contribution is 2.23. The molecule has 0 fully saturated rings. The van der Waals surface area contributed by atoms with Crippen LogP contribution in [0, 0.1) is 0 Å². The molecule has 0 aliphatic heterocycles. The fourth-order valence-corrected chi connectivity index (χ4v) is 2.40. The molecule has 2 aromatic heterocycles. The monoisotopic (exact) mass is 396 g/mol. The van der Waals surface area contributed by atoms with E-state index in [0.717, 1.165) is 5.56 Å². The Bertz CT molecular complexity index is 944. The van der Waals surface area contributed by atoms with Gasteiger partial charge in [0.25, 0.3) is 0 Å². The van der Waals surface area contributed by atoms with Crippen LogP contribution in [0.3, 0.4) is 0 Å². The van der Waals surface area contributed by atoms with Crippen LogP contribution in [0.4, 0.5) is 0 Å². The van der Waals surface area contributed by atoms with Crippen molar-refractivity contribution in [2.75, 3.05) is 0 Å². The molecule has 0 radical (unpaired) electrons. The summed E-state index contributed by atoms with van der Waals surface area (Å²) < 4.78 is 10.8. The topological polar surface area (TPSA) is 81.5 Å². The molecule has 7 heteroatoms. The van der Waals surface area contributed by atoms with Crippen molar-refractivity contribution >= 4 is 17.6 Å². The number of benzene rings is 1. The summed E-state index contributed by atoms with van der Waals surface area (Å²) in [5.74, 6) is 0.326. The predicted molar refractivity (Wildman–Crippen MR) is 104 cm³/mol. The molecule has 0 aliphatic carbocycles. The Labute approximate surface area is 167 Å². The SMILES string of the molecule is C=C(C(=O)OCc1ccc(Oc2ccc(Cl)cn2)cc1)C(O)c1cccnc1. The number of rotatable bonds is 7. The predicted octanol–water partition coefficient (Wildman–Crippen LogP) is 4.26. The minimum atomic E-state index is -1.16. The minimum absolute atomic E-state index is 0.0388. The first-order valence-corrected chi connectivity index (χ1v) is 8.73. The Morgan fingerprint density at radius 2 is 1.93 bits per heavy atom. The number of hydrogen-bond donors (Lipinski definition) is 1. The van der Waals surface area contributed by atoms with Crippen molar-refractivity contribution in [3.63, 3.8) is 0 Å². The number of halogens is 1. The standard InChI is InChI=1S/C21H17ClN2O4/c1-14(20(25)16-3-2-10-23-11-16)21(26)27-13-15-4-7-18(8-5-15)28-19-9-6-17(22)12-24-19/h2-12,20,25H,1,13H2. The maximum absolute atomic E-state index is 12.1. The number of aliphatic hydroxyl groups excluding tert-OH is 1. The Morgan fingerprint density at radius 3 is 2.57 bits per heavy atom. The second-order valence-electron chi connectivity index (χ2n) is 5.85. The van der Waals surface area contributed by atoms with Crippen molar-refractivity contribution in [1.82, 2.24) is 9.97 Å². The molecule has 0 amide bonds. The van der Waals surface area contributed by atoms with Crippen molar-refractivity contribution in [2.45, 2.75) is 12.7 Å². The van der Waals surface area contributed by atoms with Gasteiger partial charge in [0.15, 0.2) is 0 Å². The average Bonchev–Trinajstić information content (AvgIpc) is 2.74. The molecule has 1 aromatic carbocycles. The van der Waals surface area contributed by atoms with Crippen LogP contribution in [-0.4, -0.2) is 21.0 Å². The number of aromatic nitrogens is 2. The number of aliphatic hydroxyl groups is 1. The lowest BCUT2D eigenvalue weighted by Crippen LogP contribution is -2.14. The normalized spacial score (nSPS) is 11.5. The molecule has 2 heterocycles. The van der Waals surface area contributed by atoms with E-state index in [1.54, 1.807) is 54.7 Å². The summed E-state index contributed by atoms with van der Waals surface area (Å²) in [7, 11) is 0. The van der Waals surface area contributed by atoms with Gasteiger partial charge in [0.2, 0.25) is 5.88 Å². The second kappa shape index (κ2) is 9.12. The molecule has 0 saturated heterocycles. The van der Waals surface area contributed by atoms with E-state index >= 15 is 0 Å². The first kappa shape index (κ1) is 19.5. The molecule has 0 spiro atoms. The van der Waals surface area contributed by atoms with Gasteiger partial charge in [-0.2, -0.15) is 0 Å². The van der Waals surface area contributed by atoms with Crippen molar-refractivity contribution < 1.29 is 19.4 Å². The van der Waals surface area contributed by atoms with Crippen LogP contribution >= 0.6 is 11.6 Å². The summed E-state index contributed by atoms with van der Waals surface area (Å²) in [6, 6.07) is 13.7. The molecule has 0 aliphatic rings. The van der Waals surface area contributed by atoms with Gasteiger partial charge in [0.1, 0.15) is 18.5 Å². The summed E-state index contributed by atoms with van der Waals surface area (Å²) in [4.78, 5) is 20.1. The van der Waals surface area contributed by atoms with E-state index in [4.69, 9.17) is 21.1 Å². The Balaban J connectivity index is 1.53. The lowest BCUT2D eigenvalue weighted by atomic mass is 10.1. The van der Waals surface area contributed by atoms with Gasteiger partial charge in [-0.3, -0.25) is 4.98 Å². The van der Waals surface area contributed by atoms with E-state index in [0.29, 0.717) is 22.2 Å². The quantitative estimate of drug-likeness (QED) is 0.474. The molecule has 1 unspecified atom stereocenters. The van der Waals surface area contributed by atoms with E-state index in [-0.39, 0.29) is 12.2 Å². The molecular formula is C21H17ClN2O4. The van der Waals surface area contributed by atoms with Gasteiger partial charge >= 0.3 is 5.97 Å². The van der Waals surface area contributed by atoms with Gasteiger partial charge in [-0.15, -0.1) is 0 Å². The van der Waals surface area contributed by atoms with Crippen molar-refractivity contribution in [1.29, 1.82) is 0 Å². The van der Waals surface area contributed by atoms with Crippen LogP contribution in [0.1, 0.15) is 17.2 Å². The number of ether oxygens (including phenoxy) is 2. The number of esters is 1. The van der Waals surface area contributed by atoms with E-state index < -0.39 is 12.1 Å². The molecule has 0 saturated carbocycles. The van der Waals surface area contributed by atoms with Gasteiger partial charge in [0, 0.05) is 30.2 Å². The molecule has 1 atom stereocenters. The number of carbonyl (C=O) groups excluding carboxylic acids is 1. The lowest BCUT2D eigenvalue weighted by molar-refractivity contribution is -0.141. The number of nitrogens with zero attached hydrogens (tertiary/aromatic N) is 2. The fourth-order valence-electron chi connectivity index (χ4n) is 2.29. The highest BCUT2D eigenvalue weighted by Gasteiger charge is 2.19. The molecule has 6 nitrogen and oxygen atoms in total. The maximum Gasteiger partial charge on any atom is 0.336 e. The third-order valence-electron chi connectivity index (χ3n) is 3.81. The Kier molecular flexibility index (Phi) is 6.37. The van der Waals surface area contributed by atoms with Crippen molar-refractivity contribution in [2.24, 2.45) is 0 Å². The van der Waals surface area contributed by atoms with Crippen LogP contribution in [0.5, 0.6) is 11.6 Å². The van der Waals surface area contributed by atoms with Gasteiger partial charge in [-0.05, 0) is 29.8 Å². The van der Waals surface area contributed by atoms with E-state index in [1.165, 1.54) is 12.4 Å². The van der Waals surface area contributed by atoms with Crippen LogP contribution in [0.25, 0.3) is 0 Å². The van der Waals surface area contributed by atoms with E-state index in [1.807, 2.05) is 0 Å². The smallest absolute Gasteiger partial charge is 0.336 e. The minimum Gasteiger partial charge on any atom is -0.457 e. The Morgan fingerprint density at radius 1 is 1.14 bits per heavy atom. The van der Waals surface area contributed by atoms with Gasteiger partial charge in [-0.1, -0.05) is 36.4 Å². The highest BCUT2D eigenvalue weighted by molar-refractivity contribution is 6.30. The number of pyridine rings is 2. The zero-order chi connectivity index (χ0) is 19.9. The molecule has 1 N–H and O–H groups in total. The third kappa shape index (κ3) is 5.16. The third-order valence-corrected chi connectivity index (χ3v) is 4.03. The van der Waals surface area contributed by atoms with Gasteiger partial charge < -0.3 is 14.6 Å². The summed E-state index contributed by atoms with van der Waals surface area (Å²) in [6.07, 6.45) is 3.38.